The highest BCUT2D eigenvalue weighted by Crippen LogP contribution is 1.99. The number of alkyl halides is 1. The van der Waals surface area contributed by atoms with E-state index in [-0.39, 0.29) is 10.00 Å². The second-order valence-corrected chi connectivity index (χ2v) is 3.97. The van der Waals surface area contributed by atoms with Crippen LogP contribution in [0.4, 0.5) is 5.95 Å². The average Bonchev–Trinajstić information content (AvgIpc) is 1.81. The first-order chi connectivity index (χ1) is 5.58. The van der Waals surface area contributed by atoms with Gasteiger partial charge >= 0.3 is 11.4 Å². The molecule has 12 heavy (non-hydrogen) atoms. The fraction of sp³-hybridized carbons (Fsp3) is 0.400. The van der Waals surface area contributed by atoms with Gasteiger partial charge in [0.15, 0.2) is 0 Å². The van der Waals surface area contributed by atoms with Crippen LogP contribution in [0.25, 0.3) is 0 Å². The van der Waals surface area contributed by atoms with Crippen molar-refractivity contribution in [1.82, 2.24) is 15.0 Å². The van der Waals surface area contributed by atoms with Gasteiger partial charge in [-0.3, -0.25) is 9.97 Å². The van der Waals surface area contributed by atoms with Crippen LogP contribution in [0.15, 0.2) is 9.59 Å². The lowest BCUT2D eigenvalue weighted by Crippen LogP contribution is -2.27. The third-order valence-electron chi connectivity index (χ3n) is 1.00. The second kappa shape index (κ2) is 3.70. The van der Waals surface area contributed by atoms with Crippen LogP contribution in [0.5, 0.6) is 0 Å². The number of aromatic nitrogens is 3. The van der Waals surface area contributed by atoms with E-state index in [1.165, 1.54) is 0 Å². The molecule has 1 aromatic heterocycles. The maximum Gasteiger partial charge on any atom is 0.352 e. The van der Waals surface area contributed by atoms with Crippen LogP contribution in [0.1, 0.15) is 6.92 Å². The third kappa shape index (κ3) is 2.64. The van der Waals surface area contributed by atoms with Crippen molar-refractivity contribution in [3.05, 3.63) is 21.0 Å². The molecular weight excluding hydrogens is 275 g/mol. The van der Waals surface area contributed by atoms with Crippen molar-refractivity contribution < 1.29 is 0 Å². The van der Waals surface area contributed by atoms with E-state index in [9.17, 15) is 9.59 Å². The van der Waals surface area contributed by atoms with Gasteiger partial charge in [0.25, 0.3) is 0 Å². The van der Waals surface area contributed by atoms with Crippen molar-refractivity contribution in [2.24, 2.45) is 0 Å². The van der Waals surface area contributed by atoms with Gasteiger partial charge in [-0.1, -0.05) is 22.6 Å². The second-order valence-electron chi connectivity index (χ2n) is 2.11. The zero-order valence-electron chi connectivity index (χ0n) is 6.22. The number of nitrogens with one attached hydrogen (secondary N) is 3. The third-order valence-corrected chi connectivity index (χ3v) is 1.31. The Bertz CT molecular complexity index is 340. The van der Waals surface area contributed by atoms with Crippen molar-refractivity contribution in [2.75, 3.05) is 5.32 Å². The summed E-state index contributed by atoms with van der Waals surface area (Å²) in [4.78, 5) is 29.2. The van der Waals surface area contributed by atoms with Crippen LogP contribution < -0.4 is 16.7 Å². The average molecular weight is 282 g/mol. The molecule has 7 heteroatoms. The lowest BCUT2D eigenvalue weighted by Gasteiger charge is -2.04. The summed E-state index contributed by atoms with van der Waals surface area (Å²) < 4.78 is 0.0903. The molecule has 3 N–H and O–H groups in total. The molecule has 0 aliphatic carbocycles. The van der Waals surface area contributed by atoms with Crippen molar-refractivity contribution in [3.8, 4) is 0 Å². The molecule has 0 amide bonds. The largest absolute Gasteiger partial charge is 0.352 e. The van der Waals surface area contributed by atoms with E-state index in [1.54, 1.807) is 0 Å². The van der Waals surface area contributed by atoms with Gasteiger partial charge in [0.1, 0.15) is 0 Å². The topological polar surface area (TPSA) is 90.6 Å². The number of anilines is 1. The Morgan fingerprint density at radius 2 is 2.17 bits per heavy atom. The van der Waals surface area contributed by atoms with Crippen LogP contribution in [-0.2, 0) is 0 Å². The van der Waals surface area contributed by atoms with Crippen LogP contribution in [-0.4, -0.2) is 19.0 Å². The summed E-state index contributed by atoms with van der Waals surface area (Å²) in [5.74, 6) is 0.186. The molecule has 0 spiro atoms. The van der Waals surface area contributed by atoms with Crippen LogP contribution in [0.2, 0.25) is 0 Å². The van der Waals surface area contributed by atoms with Gasteiger partial charge in [-0.15, -0.1) is 0 Å². The van der Waals surface area contributed by atoms with Gasteiger partial charge in [0, 0.05) is 0 Å². The van der Waals surface area contributed by atoms with Gasteiger partial charge in [0.05, 0.1) is 4.05 Å². The number of halogens is 1. The molecule has 0 radical (unpaired) electrons. The first kappa shape index (κ1) is 9.23. The summed E-state index contributed by atoms with van der Waals surface area (Å²) in [5, 5.41) is 2.79. The van der Waals surface area contributed by atoms with Crippen LogP contribution in [0.3, 0.4) is 0 Å². The van der Waals surface area contributed by atoms with Gasteiger partial charge < -0.3 is 5.32 Å². The molecule has 0 saturated heterocycles. The van der Waals surface area contributed by atoms with Crippen molar-refractivity contribution >= 4 is 28.5 Å². The molecule has 0 unspecified atom stereocenters. The van der Waals surface area contributed by atoms with Crippen molar-refractivity contribution in [1.29, 1.82) is 0 Å². The van der Waals surface area contributed by atoms with Crippen LogP contribution >= 0.6 is 22.6 Å². The van der Waals surface area contributed by atoms with Gasteiger partial charge in [-0.05, 0) is 6.92 Å². The van der Waals surface area contributed by atoms with E-state index in [1.807, 2.05) is 11.9 Å². The first-order valence-corrected chi connectivity index (χ1v) is 4.44. The van der Waals surface area contributed by atoms with E-state index < -0.39 is 11.4 Å². The van der Waals surface area contributed by atoms with Gasteiger partial charge in [-0.2, -0.15) is 4.98 Å². The predicted octanol–water partition coefficient (Wildman–Crippen LogP) is -0.349. The highest BCUT2D eigenvalue weighted by Gasteiger charge is 1.99. The molecule has 1 atom stereocenters. The predicted molar refractivity (Wildman–Crippen MR) is 52.6 cm³/mol. The number of nitrogens with zero attached hydrogens (tertiary/aromatic N) is 1. The molecule has 0 aromatic carbocycles. The quantitative estimate of drug-likeness (QED) is 0.393. The number of hydrogen-bond donors (Lipinski definition) is 3. The summed E-state index contributed by atoms with van der Waals surface area (Å²) in [6.45, 7) is 1.86. The molecule has 6 nitrogen and oxygen atoms in total. The Kier molecular flexibility index (Phi) is 2.84. The number of aromatic amines is 2. The Morgan fingerprint density at radius 1 is 1.50 bits per heavy atom. The maximum absolute atomic E-state index is 10.7. The summed E-state index contributed by atoms with van der Waals surface area (Å²) in [6.07, 6.45) is 0. The molecule has 0 saturated carbocycles. The minimum absolute atomic E-state index is 0.0903. The summed E-state index contributed by atoms with van der Waals surface area (Å²) in [5.41, 5.74) is -1.21. The van der Waals surface area contributed by atoms with E-state index in [0.717, 1.165) is 0 Å². The molecule has 1 heterocycles. The molecule has 66 valence electrons. The van der Waals surface area contributed by atoms with Crippen molar-refractivity contribution in [3.63, 3.8) is 0 Å². The summed E-state index contributed by atoms with van der Waals surface area (Å²) in [7, 11) is 0. The minimum Gasteiger partial charge on any atom is -0.344 e. The SMILES string of the molecule is C[C@H](I)Nc1nc(=O)[nH]c(=O)[nH]1. The highest BCUT2D eigenvalue weighted by molar-refractivity contribution is 14.1. The first-order valence-electron chi connectivity index (χ1n) is 3.19. The molecule has 0 fully saturated rings. The highest BCUT2D eigenvalue weighted by atomic mass is 127. The fourth-order valence-electron chi connectivity index (χ4n) is 0.650. The molecule has 0 bridgehead atoms. The number of hydrogen-bond acceptors (Lipinski definition) is 4. The zero-order valence-corrected chi connectivity index (χ0v) is 8.38. The van der Waals surface area contributed by atoms with Gasteiger partial charge in [-0.25, -0.2) is 9.59 Å². The summed E-state index contributed by atoms with van der Waals surface area (Å²) >= 11 is 2.08. The fourth-order valence-corrected chi connectivity index (χ4v) is 0.945. The standard InChI is InChI=1S/C5H7IN4O2/c1-2(6)7-3-8-4(11)10-5(12)9-3/h2H,1H3,(H3,7,8,9,10,11,12)/t2-/m1/s1. The van der Waals surface area contributed by atoms with E-state index >= 15 is 0 Å². The summed E-state index contributed by atoms with van der Waals surface area (Å²) in [6, 6.07) is 0. The molecule has 0 aliphatic rings. The van der Waals surface area contributed by atoms with Gasteiger partial charge in [0.2, 0.25) is 5.95 Å². The normalized spacial score (nSPS) is 12.5. The number of rotatable bonds is 2. The zero-order chi connectivity index (χ0) is 9.14. The lowest BCUT2D eigenvalue weighted by atomic mass is 10.7. The van der Waals surface area contributed by atoms with E-state index in [0.29, 0.717) is 0 Å². The van der Waals surface area contributed by atoms with E-state index in [2.05, 4.69) is 37.9 Å². The Balaban J connectivity index is 3.01. The minimum atomic E-state index is -0.654. The number of H-pyrrole nitrogens is 2. The Hall–Kier alpha value is -0.860. The molecule has 0 aliphatic heterocycles. The molecular formula is C5H7IN4O2. The monoisotopic (exact) mass is 282 g/mol. The van der Waals surface area contributed by atoms with Crippen LogP contribution in [0, 0.1) is 0 Å². The molecule has 1 rings (SSSR count). The smallest absolute Gasteiger partial charge is 0.344 e. The lowest BCUT2D eigenvalue weighted by molar-refractivity contribution is 0.921. The van der Waals surface area contributed by atoms with Crippen molar-refractivity contribution in [2.45, 2.75) is 11.0 Å². The Labute approximate surface area is 81.0 Å². The maximum atomic E-state index is 10.7. The van der Waals surface area contributed by atoms with E-state index in [4.69, 9.17) is 0 Å². The Morgan fingerprint density at radius 3 is 2.67 bits per heavy atom. The molecule has 1 aromatic rings.